The number of ketones is 1. The molecule has 9 N–H and O–H groups in total. The van der Waals surface area contributed by atoms with Gasteiger partial charge in [-0.15, -0.1) is 0 Å². The molecule has 1 heterocycles. The van der Waals surface area contributed by atoms with Crippen LogP contribution in [0.15, 0.2) is 5.11 Å². The molecule has 13 fully saturated rings. The molecule has 0 bridgehead atoms. The van der Waals surface area contributed by atoms with Gasteiger partial charge in [0, 0.05) is 75.9 Å². The summed E-state index contributed by atoms with van der Waals surface area (Å²) in [5.74, 6) is 6.54. The highest BCUT2D eigenvalue weighted by Gasteiger charge is 2.67. The summed E-state index contributed by atoms with van der Waals surface area (Å²) in [5, 5.41) is 46.3. The number of azide groups is 1. The van der Waals surface area contributed by atoms with Crippen molar-refractivity contribution < 1.29 is 82.9 Å². The lowest BCUT2D eigenvalue weighted by molar-refractivity contribution is -0.185. The molecule has 3 amide bonds. The topological polar surface area (TPSA) is 395 Å². The molecule has 27 heteroatoms. The second-order valence-corrected chi connectivity index (χ2v) is 44.5. The van der Waals surface area contributed by atoms with Gasteiger partial charge in [-0.1, -0.05) is 67.4 Å². The van der Waals surface area contributed by atoms with Crippen molar-refractivity contribution >= 4 is 53.9 Å². The fraction of sp³-hybridized carbons (Fsp3) is 0.952. The molecule has 1 saturated heterocycles. The van der Waals surface area contributed by atoms with Crippen molar-refractivity contribution in [2.24, 2.45) is 144 Å². The number of hydrogen-bond donors (Lipinski definition) is 9. The number of ether oxygens (including phenoxy) is 2. The van der Waals surface area contributed by atoms with Crippen LogP contribution in [0.4, 0.5) is 0 Å². The van der Waals surface area contributed by atoms with E-state index < -0.39 is 47.6 Å². The highest BCUT2D eigenvalue weighted by molar-refractivity contribution is 7.86. The molecular formula is C83H140N6O18S3. The second-order valence-electron chi connectivity index (χ2n) is 39.7. The average Bonchev–Trinajstić information content (AvgIpc) is 1.41. The first-order valence-electron chi connectivity index (χ1n) is 43.1. The van der Waals surface area contributed by atoms with Crippen LogP contribution in [0.25, 0.3) is 10.4 Å². The van der Waals surface area contributed by atoms with Crippen molar-refractivity contribution in [3.8, 4) is 0 Å². The lowest BCUT2D eigenvalue weighted by atomic mass is 9.43. The maximum absolute atomic E-state index is 12.3. The Bertz CT molecular complexity index is 3620. The summed E-state index contributed by atoms with van der Waals surface area (Å²) in [7, 11) is -12.2. The zero-order valence-electron chi connectivity index (χ0n) is 67.8. The minimum Gasteiger partial charge on any atom is -0.393 e. The molecule has 110 heavy (non-hydrogen) atoms. The SMILES string of the molecule is C[C@H](CCC(=O)NCCS(=O)(=O)O)[C@H]1CC[C@H]2[C@@H]3[C@@H](O)CC4CC(=O)CC[C@]4(C)[C@H]3CC[C@]12C.C[C@H](CCC(=O)NCCS(=O)(=O)O)[C@H]1CC[C@H]2[C@@H]3[C@@H](O)CC4C[C@H](N=[N+]=[N-])CC[C@]4(C)[C@H]3CC[C@]12C.C[C@H](CCC(=O)NCCS(=O)(=O)O)[C@H]1CC[C@H]2[C@@H]3[C@@H](O)CC4C[C@H](OC5CCOCC5)CC[C@]4(C)[C@H]3CC[C@]12C. The van der Waals surface area contributed by atoms with Crippen LogP contribution in [-0.2, 0) is 59.0 Å². The van der Waals surface area contributed by atoms with Crippen LogP contribution in [0.2, 0.25) is 0 Å². The zero-order valence-corrected chi connectivity index (χ0v) is 70.2. The lowest BCUT2D eigenvalue weighted by Gasteiger charge is -2.62. The number of amides is 3. The largest absolute Gasteiger partial charge is 0.393 e. The summed E-state index contributed by atoms with van der Waals surface area (Å²) in [6.07, 6.45) is 30.1. The molecule has 3 unspecified atom stereocenters. The summed E-state index contributed by atoms with van der Waals surface area (Å²) < 4.78 is 104. The highest BCUT2D eigenvalue weighted by Crippen LogP contribution is 2.72. The van der Waals surface area contributed by atoms with Gasteiger partial charge in [-0.25, -0.2) is 0 Å². The third kappa shape index (κ3) is 19.2. The van der Waals surface area contributed by atoms with Crippen molar-refractivity contribution in [3.63, 3.8) is 0 Å². The van der Waals surface area contributed by atoms with Crippen molar-refractivity contribution in [1.29, 1.82) is 0 Å². The van der Waals surface area contributed by atoms with E-state index in [1.165, 1.54) is 25.7 Å². The Labute approximate surface area is 658 Å². The summed E-state index contributed by atoms with van der Waals surface area (Å²) in [5.41, 5.74) is 10.1. The van der Waals surface area contributed by atoms with E-state index in [0.717, 1.165) is 161 Å². The molecule has 29 atom stereocenters. The number of hydrogen-bond acceptors (Lipinski definition) is 16. The van der Waals surface area contributed by atoms with Crippen molar-refractivity contribution in [1.82, 2.24) is 16.0 Å². The molecule has 12 saturated carbocycles. The molecule has 13 aliphatic rings. The fourth-order valence-electron chi connectivity index (χ4n) is 28.6. The van der Waals surface area contributed by atoms with E-state index in [0.29, 0.717) is 157 Å². The number of Topliss-reactive ketones (excluding diaryl/α,β-unsaturated/α-hetero) is 1. The molecule has 1 aliphatic heterocycles. The standard InChI is InChI=1S/C31H53NO7S.C26H44N4O5S.C26H43NO6S/c1-20(4-7-28(34)32-14-17-40(35,36)37)24-5-6-25-29-26(9-13-31(24,25)3)30(2)12-8-23(18-21(30)19-27(29)33)39-22-10-15-38-16-11-22;1-16(4-7-23(32)28-12-13-36(33,34)35)19-5-6-20-24-21(9-11-26(19,20)3)25(2)10-8-18(29-30-27)14-17(25)15-22(24)31;1-16(4-7-23(30)27-12-13-34(31,32)33)19-5-6-20-24-21(9-11-26(19,20)3)25(2)10-8-18(28)14-17(25)15-22(24)29/h20-27,29,33H,4-19H2,1-3H3,(H,32,34)(H,35,36,37);16-22,24,31H,4-15H2,1-3H3,(H,28,32)(H,33,34,35);16-17,19-22,24,29H,4-15H2,1-3H3,(H,27,30)(H,31,32,33)/t20-,21?,23-,24-,25+,26+,27+,29+,30+,31-;16-,17?,18-,19-,20+,21+,22+,24+,25+,26-;16-,17?,19-,20+,21+,22+,24+,25+,26-/m111/s1. The van der Waals surface area contributed by atoms with Gasteiger partial charge in [0.05, 0.1) is 47.8 Å². The van der Waals surface area contributed by atoms with E-state index >= 15 is 0 Å². The van der Waals surface area contributed by atoms with Gasteiger partial charge in [0.15, 0.2) is 0 Å². The Hall–Kier alpha value is -3.08. The molecule has 0 aromatic carbocycles. The third-order valence-electron chi connectivity index (χ3n) is 34.4. The van der Waals surface area contributed by atoms with Gasteiger partial charge in [-0.05, 0) is 318 Å². The smallest absolute Gasteiger partial charge is 0.266 e. The van der Waals surface area contributed by atoms with E-state index in [1.54, 1.807) is 0 Å². The summed E-state index contributed by atoms with van der Waals surface area (Å²) >= 11 is 0. The molecule has 24 nitrogen and oxygen atoms in total. The van der Waals surface area contributed by atoms with E-state index in [-0.39, 0.29) is 94.2 Å². The van der Waals surface area contributed by atoms with Crippen LogP contribution in [-0.4, -0.2) is 164 Å². The monoisotopic (exact) mass is 1600 g/mol. The van der Waals surface area contributed by atoms with Crippen molar-refractivity contribution in [2.75, 3.05) is 50.1 Å². The molecular weight excluding hydrogens is 1470 g/mol. The Morgan fingerprint density at radius 3 is 1.20 bits per heavy atom. The zero-order chi connectivity index (χ0) is 79.9. The number of nitrogens with one attached hydrogen (secondary N) is 3. The van der Waals surface area contributed by atoms with Crippen LogP contribution in [0.3, 0.4) is 0 Å². The third-order valence-corrected chi connectivity index (χ3v) is 36.5. The van der Waals surface area contributed by atoms with Crippen LogP contribution in [0.5, 0.6) is 0 Å². The number of aliphatic hydroxyl groups excluding tert-OH is 3. The summed E-state index contributed by atoms with van der Waals surface area (Å²) in [4.78, 5) is 51.9. The summed E-state index contributed by atoms with van der Waals surface area (Å²) in [6.45, 7) is 22.8. The Balaban J connectivity index is 0.000000164. The molecule has 13 rings (SSSR count). The minimum atomic E-state index is -4.07. The number of aliphatic hydroxyl groups is 3. The molecule has 0 aromatic heterocycles. The van der Waals surface area contributed by atoms with Crippen molar-refractivity contribution in [3.05, 3.63) is 10.4 Å². The maximum atomic E-state index is 12.3. The van der Waals surface area contributed by atoms with E-state index in [2.05, 4.69) is 88.3 Å². The minimum absolute atomic E-state index is 0.0571. The second kappa shape index (κ2) is 35.2. The van der Waals surface area contributed by atoms with Crippen molar-refractivity contribution in [2.45, 2.75) is 304 Å². The van der Waals surface area contributed by atoms with Gasteiger partial charge < -0.3 is 40.7 Å². The highest BCUT2D eigenvalue weighted by atomic mass is 32.2. The van der Waals surface area contributed by atoms with E-state index in [9.17, 15) is 59.8 Å². The number of carbonyl (C=O) groups is 4. The van der Waals surface area contributed by atoms with Gasteiger partial charge >= 0.3 is 0 Å². The van der Waals surface area contributed by atoms with Crippen LogP contribution in [0.1, 0.15) is 268 Å². The lowest BCUT2D eigenvalue weighted by Crippen LogP contribution is -2.59. The molecule has 0 aromatic rings. The maximum Gasteiger partial charge on any atom is 0.266 e. The Morgan fingerprint density at radius 2 is 0.818 bits per heavy atom. The Kier molecular flexibility index (Phi) is 28.1. The number of fused-ring (bicyclic) bond motifs is 15. The van der Waals surface area contributed by atoms with Gasteiger partial charge in [0.2, 0.25) is 17.7 Å². The normalized spacial score (nSPS) is 42.9. The first-order chi connectivity index (χ1) is 51.6. The number of carbonyl (C=O) groups excluding carboxylic acids is 4. The van der Waals surface area contributed by atoms with Crippen LogP contribution >= 0.6 is 0 Å². The van der Waals surface area contributed by atoms with Gasteiger partial charge in [0.1, 0.15) is 5.78 Å². The molecule has 0 spiro atoms. The first-order valence-corrected chi connectivity index (χ1v) is 48.0. The molecule has 628 valence electrons. The first kappa shape index (κ1) is 87.7. The fourth-order valence-corrected chi connectivity index (χ4v) is 29.7. The van der Waals surface area contributed by atoms with E-state index in [4.69, 9.17) is 28.7 Å². The van der Waals surface area contributed by atoms with Crippen LogP contribution in [0, 0.1) is 139 Å². The molecule has 0 radical (unpaired) electrons. The quantitative estimate of drug-likeness (QED) is 0.0188. The van der Waals surface area contributed by atoms with Gasteiger partial charge in [-0.3, -0.25) is 32.8 Å². The number of nitrogens with zero attached hydrogens (tertiary/aromatic N) is 3. The van der Waals surface area contributed by atoms with Gasteiger partial charge in [0.25, 0.3) is 30.4 Å². The van der Waals surface area contributed by atoms with Gasteiger partial charge in [-0.2, -0.15) is 25.3 Å². The Morgan fingerprint density at radius 1 is 0.473 bits per heavy atom. The summed E-state index contributed by atoms with van der Waals surface area (Å²) in [6, 6.07) is 0.0626. The predicted molar refractivity (Wildman–Crippen MR) is 420 cm³/mol. The molecule has 12 aliphatic carbocycles. The average molecular weight is 1610 g/mol. The van der Waals surface area contributed by atoms with E-state index in [1.807, 2.05) is 0 Å². The predicted octanol–water partition coefficient (Wildman–Crippen LogP) is 12.9. The van der Waals surface area contributed by atoms with Crippen LogP contribution < -0.4 is 16.0 Å². The number of rotatable bonds is 24.